The normalized spacial score (nSPS) is 12.1. The lowest BCUT2D eigenvalue weighted by Gasteiger charge is -2.11. The van der Waals surface area contributed by atoms with E-state index in [9.17, 15) is 13.2 Å². The molecule has 0 radical (unpaired) electrons. The van der Waals surface area contributed by atoms with E-state index < -0.39 is 10.0 Å². The predicted octanol–water partition coefficient (Wildman–Crippen LogP) is 4.00. The minimum atomic E-state index is -3.88. The van der Waals surface area contributed by atoms with E-state index in [-0.39, 0.29) is 15.5 Å². The molecule has 13 heteroatoms. The number of allylic oxidation sites excluding steroid dienone is 1. The Hall–Kier alpha value is -4.36. The van der Waals surface area contributed by atoms with Crippen molar-refractivity contribution in [1.82, 2.24) is 24.5 Å². The fraction of sp³-hybridized carbons (Fsp3) is 0.0870. The number of fused-ring (bicyclic) bond motifs is 1. The minimum absolute atomic E-state index is 0.00612. The van der Waals surface area contributed by atoms with Crippen molar-refractivity contribution in [2.45, 2.75) is 4.90 Å². The van der Waals surface area contributed by atoms with Crippen LogP contribution in [0.25, 0.3) is 16.6 Å². The van der Waals surface area contributed by atoms with Crippen LogP contribution in [0.5, 0.6) is 0 Å². The summed E-state index contributed by atoms with van der Waals surface area (Å²) >= 11 is 5.59. The largest absolute Gasteiger partial charge is 0.383 e. The standard InChI is InChI=1S/C23H20N8O3S2/c1-30(2)14-16(15-32)21-22(35)31(20-7-4-3-6-19(20)26-21)29-27-17-8-10-18(11-9-17)36(33,34)28-23-24-12-5-13-25-23/h3-15H,1-2H3,(H,24,25,28)/b16-14+,29-27?. The zero-order valence-corrected chi connectivity index (χ0v) is 20.8. The third-order valence-electron chi connectivity index (χ3n) is 4.72. The number of aldehydes is 1. The maximum absolute atomic E-state index is 12.6. The van der Waals surface area contributed by atoms with Crippen LogP contribution in [0.1, 0.15) is 5.69 Å². The Labute approximate surface area is 211 Å². The average Bonchev–Trinajstić information content (AvgIpc) is 2.87. The van der Waals surface area contributed by atoms with Crippen molar-refractivity contribution in [1.29, 1.82) is 0 Å². The number of carbonyl (C=O) groups is 1. The molecule has 2 heterocycles. The number of carbonyl (C=O) groups excluding carboxylic acids is 1. The van der Waals surface area contributed by atoms with Crippen molar-refractivity contribution in [3.8, 4) is 0 Å². The quantitative estimate of drug-likeness (QED) is 0.159. The van der Waals surface area contributed by atoms with Gasteiger partial charge in [-0.3, -0.25) is 4.79 Å². The molecule has 0 saturated carbocycles. The van der Waals surface area contributed by atoms with Crippen LogP contribution in [0.15, 0.2) is 88.4 Å². The highest BCUT2D eigenvalue weighted by atomic mass is 32.2. The minimum Gasteiger partial charge on any atom is -0.383 e. The first-order valence-corrected chi connectivity index (χ1v) is 12.3. The Morgan fingerprint density at radius 2 is 1.75 bits per heavy atom. The van der Waals surface area contributed by atoms with Gasteiger partial charge >= 0.3 is 0 Å². The number of para-hydroxylation sites is 2. The third-order valence-corrected chi connectivity index (χ3v) is 6.43. The molecule has 0 spiro atoms. The number of hydrogen-bond acceptors (Lipinski definition) is 10. The first-order chi connectivity index (χ1) is 17.3. The van der Waals surface area contributed by atoms with Crippen LogP contribution in [-0.4, -0.2) is 53.3 Å². The summed E-state index contributed by atoms with van der Waals surface area (Å²) in [6.45, 7) is 0. The molecule has 36 heavy (non-hydrogen) atoms. The van der Waals surface area contributed by atoms with Crippen molar-refractivity contribution >= 4 is 56.8 Å². The van der Waals surface area contributed by atoms with Gasteiger partial charge in [-0.25, -0.2) is 28.1 Å². The lowest BCUT2D eigenvalue weighted by atomic mass is 10.2. The maximum Gasteiger partial charge on any atom is 0.264 e. The average molecular weight is 521 g/mol. The number of benzene rings is 2. The summed E-state index contributed by atoms with van der Waals surface area (Å²) in [7, 11) is -0.311. The zero-order valence-electron chi connectivity index (χ0n) is 19.2. The zero-order chi connectivity index (χ0) is 25.7. The third kappa shape index (κ3) is 5.47. The van der Waals surface area contributed by atoms with Crippen LogP contribution >= 0.6 is 12.2 Å². The van der Waals surface area contributed by atoms with Gasteiger partial charge in [-0.1, -0.05) is 29.6 Å². The van der Waals surface area contributed by atoms with Gasteiger partial charge in [0.25, 0.3) is 10.0 Å². The van der Waals surface area contributed by atoms with Gasteiger partial charge in [-0.2, -0.15) is 4.68 Å². The summed E-state index contributed by atoms with van der Waals surface area (Å²) in [5.41, 5.74) is 2.14. The highest BCUT2D eigenvalue weighted by molar-refractivity contribution is 7.92. The Bertz CT molecular complexity index is 1630. The summed E-state index contributed by atoms with van der Waals surface area (Å²) < 4.78 is 29.1. The molecular formula is C23H20N8O3S2. The van der Waals surface area contributed by atoms with Crippen LogP contribution in [-0.2, 0) is 14.8 Å². The topological polar surface area (TPSA) is 135 Å². The number of nitrogens with one attached hydrogen (secondary N) is 1. The molecule has 0 amide bonds. The van der Waals surface area contributed by atoms with E-state index >= 15 is 0 Å². The number of sulfonamides is 1. The van der Waals surface area contributed by atoms with E-state index in [1.807, 2.05) is 12.1 Å². The molecule has 0 saturated heterocycles. The Kier molecular flexibility index (Phi) is 7.22. The molecule has 4 rings (SSSR count). The van der Waals surface area contributed by atoms with Gasteiger partial charge in [0.05, 0.1) is 27.2 Å². The van der Waals surface area contributed by atoms with Gasteiger partial charge < -0.3 is 4.90 Å². The summed E-state index contributed by atoms with van der Waals surface area (Å²) in [5, 5.41) is 8.49. The summed E-state index contributed by atoms with van der Waals surface area (Å²) in [6, 6.07) is 14.5. The highest BCUT2D eigenvalue weighted by Crippen LogP contribution is 2.22. The second-order valence-corrected chi connectivity index (χ2v) is 9.66. The van der Waals surface area contributed by atoms with Gasteiger partial charge in [0.2, 0.25) is 5.95 Å². The molecule has 0 unspecified atom stereocenters. The van der Waals surface area contributed by atoms with Crippen LogP contribution < -0.4 is 4.72 Å². The van der Waals surface area contributed by atoms with E-state index in [4.69, 9.17) is 12.2 Å². The fourth-order valence-electron chi connectivity index (χ4n) is 3.14. The Morgan fingerprint density at radius 3 is 2.42 bits per heavy atom. The molecule has 4 aromatic rings. The van der Waals surface area contributed by atoms with Gasteiger partial charge in [-0.05, 0) is 42.5 Å². The predicted molar refractivity (Wildman–Crippen MR) is 137 cm³/mol. The molecule has 0 aliphatic heterocycles. The van der Waals surface area contributed by atoms with E-state index in [0.717, 1.165) is 0 Å². The van der Waals surface area contributed by atoms with Crippen molar-refractivity contribution in [2.24, 2.45) is 10.3 Å². The number of anilines is 1. The smallest absolute Gasteiger partial charge is 0.264 e. The number of hydrogen-bond donors (Lipinski definition) is 1. The number of nitrogens with zero attached hydrogens (tertiary/aromatic N) is 7. The van der Waals surface area contributed by atoms with Crippen molar-refractivity contribution in [2.75, 3.05) is 18.8 Å². The Morgan fingerprint density at radius 1 is 1.06 bits per heavy atom. The molecule has 0 aliphatic rings. The first kappa shape index (κ1) is 24.8. The Balaban J connectivity index is 1.69. The van der Waals surface area contributed by atoms with E-state index in [0.29, 0.717) is 34.3 Å². The molecule has 1 N–H and O–H groups in total. The molecule has 0 bridgehead atoms. The van der Waals surface area contributed by atoms with Gasteiger partial charge in [0.15, 0.2) is 10.9 Å². The van der Waals surface area contributed by atoms with Crippen molar-refractivity contribution in [3.05, 3.63) is 83.5 Å². The second-order valence-electron chi connectivity index (χ2n) is 7.59. The fourth-order valence-corrected chi connectivity index (χ4v) is 4.39. The molecular weight excluding hydrogens is 500 g/mol. The second kappa shape index (κ2) is 10.5. The van der Waals surface area contributed by atoms with Gasteiger partial charge in [0.1, 0.15) is 5.69 Å². The maximum atomic E-state index is 12.6. The van der Waals surface area contributed by atoms with Crippen molar-refractivity contribution < 1.29 is 13.2 Å². The van der Waals surface area contributed by atoms with Gasteiger partial charge in [0, 0.05) is 32.7 Å². The SMILES string of the molecule is CN(C)/C=C(\C=O)c1nc2ccccc2n(N=Nc2ccc(S(=O)(=O)Nc3ncccn3)cc2)c1=S. The summed E-state index contributed by atoms with van der Waals surface area (Å²) in [6.07, 6.45) is 5.17. The van der Waals surface area contributed by atoms with E-state index in [1.54, 1.807) is 43.4 Å². The van der Waals surface area contributed by atoms with Crippen LogP contribution in [0.2, 0.25) is 0 Å². The van der Waals surface area contributed by atoms with Crippen LogP contribution in [0.4, 0.5) is 11.6 Å². The lowest BCUT2D eigenvalue weighted by molar-refractivity contribution is -0.103. The molecule has 0 aliphatic carbocycles. The molecule has 2 aromatic carbocycles. The lowest BCUT2D eigenvalue weighted by Crippen LogP contribution is -2.14. The van der Waals surface area contributed by atoms with Crippen LogP contribution in [0.3, 0.4) is 0 Å². The van der Waals surface area contributed by atoms with Crippen LogP contribution in [0, 0.1) is 4.64 Å². The summed E-state index contributed by atoms with van der Waals surface area (Å²) in [4.78, 5) is 25.7. The van der Waals surface area contributed by atoms with Crippen molar-refractivity contribution in [3.63, 3.8) is 0 Å². The number of rotatable bonds is 8. The summed E-state index contributed by atoms with van der Waals surface area (Å²) in [5.74, 6) is -0.0333. The van der Waals surface area contributed by atoms with Gasteiger partial charge in [-0.15, -0.1) is 5.11 Å². The molecule has 182 valence electrons. The highest BCUT2D eigenvalue weighted by Gasteiger charge is 2.16. The van der Waals surface area contributed by atoms with E-state index in [1.165, 1.54) is 41.3 Å². The van der Waals surface area contributed by atoms with E-state index in [2.05, 4.69) is 30.0 Å². The molecule has 2 aromatic heterocycles. The first-order valence-electron chi connectivity index (χ1n) is 10.5. The molecule has 0 fully saturated rings. The monoisotopic (exact) mass is 520 g/mol. The number of aromatic nitrogens is 4. The molecule has 11 nitrogen and oxygen atoms in total. The molecule has 0 atom stereocenters.